The maximum Gasteiger partial charge on any atom is 0.254 e. The number of nitrogens with zero attached hydrogens (tertiary/aromatic N) is 1. The van der Waals surface area contributed by atoms with Crippen molar-refractivity contribution in [3.63, 3.8) is 0 Å². The van der Waals surface area contributed by atoms with Crippen molar-refractivity contribution in [3.8, 4) is 0 Å². The summed E-state index contributed by atoms with van der Waals surface area (Å²) in [6.07, 6.45) is 0. The fourth-order valence-electron chi connectivity index (χ4n) is 1.94. The molecule has 1 aromatic carbocycles. The highest BCUT2D eigenvalue weighted by atomic mass is 79.9. The summed E-state index contributed by atoms with van der Waals surface area (Å²) in [6, 6.07) is 5.54. The van der Waals surface area contributed by atoms with Gasteiger partial charge in [-0.2, -0.15) is 0 Å². The van der Waals surface area contributed by atoms with Crippen LogP contribution < -0.4 is 5.32 Å². The van der Waals surface area contributed by atoms with Crippen molar-refractivity contribution in [1.82, 2.24) is 10.2 Å². The largest absolute Gasteiger partial charge is 0.333 e. The molecule has 1 aliphatic heterocycles. The van der Waals surface area contributed by atoms with Gasteiger partial charge < -0.3 is 10.2 Å². The minimum absolute atomic E-state index is 0. The first-order valence-electron chi connectivity index (χ1n) is 5.56. The van der Waals surface area contributed by atoms with E-state index in [1.54, 1.807) is 12.1 Å². The van der Waals surface area contributed by atoms with Gasteiger partial charge in [0.2, 0.25) is 0 Å². The fourth-order valence-corrected chi connectivity index (χ4v) is 2.36. The summed E-state index contributed by atoms with van der Waals surface area (Å²) in [7, 11) is 0. The third-order valence-electron chi connectivity index (χ3n) is 2.93. The maximum absolute atomic E-state index is 12.3. The van der Waals surface area contributed by atoms with Gasteiger partial charge in [0.05, 0.1) is 5.02 Å². The van der Waals surface area contributed by atoms with Crippen molar-refractivity contribution >= 4 is 45.8 Å². The van der Waals surface area contributed by atoms with E-state index in [1.807, 2.05) is 17.9 Å². The van der Waals surface area contributed by atoms with E-state index in [-0.39, 0.29) is 24.4 Å². The fraction of sp³-hybridized carbons (Fsp3) is 0.417. The lowest BCUT2D eigenvalue weighted by Gasteiger charge is -2.34. The molecule has 0 saturated carbocycles. The van der Waals surface area contributed by atoms with Gasteiger partial charge in [-0.1, -0.05) is 11.6 Å². The second kappa shape index (κ2) is 6.75. The quantitative estimate of drug-likeness (QED) is 0.841. The normalized spacial score (nSPS) is 19.3. The van der Waals surface area contributed by atoms with Crippen LogP contribution in [0.15, 0.2) is 22.7 Å². The zero-order valence-electron chi connectivity index (χ0n) is 9.95. The summed E-state index contributed by atoms with van der Waals surface area (Å²) >= 11 is 9.32. The number of carbonyl (C=O) groups is 1. The molecule has 6 heteroatoms. The predicted molar refractivity (Wildman–Crippen MR) is 79.8 cm³/mol. The average molecular weight is 354 g/mol. The molecule has 0 spiro atoms. The van der Waals surface area contributed by atoms with E-state index in [0.29, 0.717) is 10.6 Å². The molecule has 1 amide bonds. The Morgan fingerprint density at radius 1 is 1.56 bits per heavy atom. The van der Waals surface area contributed by atoms with Gasteiger partial charge in [-0.05, 0) is 41.1 Å². The van der Waals surface area contributed by atoms with Gasteiger partial charge in [0.15, 0.2) is 0 Å². The number of hydrogen-bond acceptors (Lipinski definition) is 2. The summed E-state index contributed by atoms with van der Waals surface area (Å²) in [5, 5.41) is 3.83. The van der Waals surface area contributed by atoms with Crippen LogP contribution in [0.2, 0.25) is 5.02 Å². The lowest BCUT2D eigenvalue weighted by Crippen LogP contribution is -2.52. The summed E-state index contributed by atoms with van der Waals surface area (Å²) in [5.41, 5.74) is 0.645. The molecule has 18 heavy (non-hydrogen) atoms. The van der Waals surface area contributed by atoms with E-state index in [1.165, 1.54) is 0 Å². The molecule has 100 valence electrons. The van der Waals surface area contributed by atoms with Crippen LogP contribution in [-0.4, -0.2) is 36.5 Å². The molecule has 0 radical (unpaired) electrons. The first kappa shape index (κ1) is 15.8. The van der Waals surface area contributed by atoms with Crippen molar-refractivity contribution in [2.24, 2.45) is 0 Å². The van der Waals surface area contributed by atoms with Gasteiger partial charge in [0.25, 0.3) is 5.91 Å². The first-order chi connectivity index (χ1) is 8.09. The van der Waals surface area contributed by atoms with E-state index in [2.05, 4.69) is 21.2 Å². The molecular weight excluding hydrogens is 339 g/mol. The third kappa shape index (κ3) is 3.38. The van der Waals surface area contributed by atoms with E-state index >= 15 is 0 Å². The molecule has 1 aliphatic rings. The Labute approximate surface area is 126 Å². The molecule has 1 atom stereocenters. The second-order valence-electron chi connectivity index (χ2n) is 4.18. The molecule has 3 nitrogen and oxygen atoms in total. The molecule has 2 rings (SSSR count). The number of nitrogens with one attached hydrogen (secondary N) is 1. The highest BCUT2D eigenvalue weighted by Crippen LogP contribution is 2.24. The third-order valence-corrected chi connectivity index (χ3v) is 4.16. The van der Waals surface area contributed by atoms with Crippen LogP contribution in [0.25, 0.3) is 0 Å². The van der Waals surface area contributed by atoms with Crippen LogP contribution in [0.4, 0.5) is 0 Å². The Balaban J connectivity index is 0.00000162. The Morgan fingerprint density at radius 3 is 2.89 bits per heavy atom. The number of amides is 1. The molecule has 1 fully saturated rings. The molecule has 1 aromatic rings. The SMILES string of the molecule is C[C@H]1CNCCN1C(=O)c1ccc(Br)c(Cl)c1.Cl. The number of piperazine rings is 1. The van der Waals surface area contributed by atoms with Crippen molar-refractivity contribution in [1.29, 1.82) is 0 Å². The van der Waals surface area contributed by atoms with Crippen LogP contribution in [0, 0.1) is 0 Å². The van der Waals surface area contributed by atoms with Crippen LogP contribution in [0.5, 0.6) is 0 Å². The minimum Gasteiger partial charge on any atom is -0.333 e. The van der Waals surface area contributed by atoms with Gasteiger partial charge >= 0.3 is 0 Å². The smallest absolute Gasteiger partial charge is 0.254 e. The topological polar surface area (TPSA) is 32.3 Å². The van der Waals surface area contributed by atoms with Crippen LogP contribution in [0.1, 0.15) is 17.3 Å². The van der Waals surface area contributed by atoms with E-state index in [0.717, 1.165) is 24.1 Å². The van der Waals surface area contributed by atoms with Gasteiger partial charge in [-0.15, -0.1) is 12.4 Å². The lowest BCUT2D eigenvalue weighted by atomic mass is 10.1. The standard InChI is InChI=1S/C12H14BrClN2O.ClH/c1-8-7-15-4-5-16(8)12(17)9-2-3-10(13)11(14)6-9;/h2-3,6,8,15H,4-5,7H2,1H3;1H/t8-;/m0./s1. The summed E-state index contributed by atoms with van der Waals surface area (Å²) < 4.78 is 0.809. The van der Waals surface area contributed by atoms with Crippen molar-refractivity contribution < 1.29 is 4.79 Å². The molecule has 1 heterocycles. The highest BCUT2D eigenvalue weighted by molar-refractivity contribution is 9.10. The Kier molecular flexibility index (Phi) is 5.92. The molecular formula is C12H15BrCl2N2O. The molecule has 1 N–H and O–H groups in total. The molecule has 0 aromatic heterocycles. The number of halogens is 3. The van der Waals surface area contributed by atoms with Crippen molar-refractivity contribution in [2.75, 3.05) is 19.6 Å². The predicted octanol–water partition coefficient (Wildman–Crippen LogP) is 2.96. The van der Waals surface area contributed by atoms with Crippen LogP contribution in [0.3, 0.4) is 0 Å². The second-order valence-corrected chi connectivity index (χ2v) is 5.44. The number of carbonyl (C=O) groups excluding carboxylic acids is 1. The van der Waals surface area contributed by atoms with Gasteiger partial charge in [-0.3, -0.25) is 4.79 Å². The lowest BCUT2D eigenvalue weighted by molar-refractivity contribution is 0.0656. The van der Waals surface area contributed by atoms with Crippen LogP contribution in [-0.2, 0) is 0 Å². The molecule has 1 saturated heterocycles. The zero-order valence-corrected chi connectivity index (χ0v) is 13.1. The monoisotopic (exact) mass is 352 g/mol. The van der Waals surface area contributed by atoms with Gasteiger partial charge in [0.1, 0.15) is 0 Å². The Hall–Kier alpha value is -0.290. The van der Waals surface area contributed by atoms with E-state index in [4.69, 9.17) is 11.6 Å². The summed E-state index contributed by atoms with van der Waals surface area (Å²) in [5.74, 6) is 0.0494. The minimum atomic E-state index is 0. The first-order valence-corrected chi connectivity index (χ1v) is 6.73. The van der Waals surface area contributed by atoms with Gasteiger partial charge in [0, 0.05) is 35.7 Å². The number of rotatable bonds is 1. The van der Waals surface area contributed by atoms with E-state index in [9.17, 15) is 4.79 Å². The number of benzene rings is 1. The Morgan fingerprint density at radius 2 is 2.28 bits per heavy atom. The zero-order chi connectivity index (χ0) is 12.4. The molecule has 0 unspecified atom stereocenters. The van der Waals surface area contributed by atoms with E-state index < -0.39 is 0 Å². The summed E-state index contributed by atoms with van der Waals surface area (Å²) in [6.45, 7) is 4.48. The van der Waals surface area contributed by atoms with Gasteiger partial charge in [-0.25, -0.2) is 0 Å². The van der Waals surface area contributed by atoms with Crippen LogP contribution >= 0.6 is 39.9 Å². The number of hydrogen-bond donors (Lipinski definition) is 1. The van der Waals surface area contributed by atoms with Crippen molar-refractivity contribution in [3.05, 3.63) is 33.3 Å². The highest BCUT2D eigenvalue weighted by Gasteiger charge is 2.24. The summed E-state index contributed by atoms with van der Waals surface area (Å²) in [4.78, 5) is 14.2. The Bertz CT molecular complexity index is 442. The molecule has 0 aliphatic carbocycles. The maximum atomic E-state index is 12.3. The average Bonchev–Trinajstić information content (AvgIpc) is 2.32. The molecule has 0 bridgehead atoms. The van der Waals surface area contributed by atoms with Crippen molar-refractivity contribution in [2.45, 2.75) is 13.0 Å².